The largest absolute Gasteiger partial charge is 0.487 e. The second-order valence-electron chi connectivity index (χ2n) is 10.4. The first kappa shape index (κ1) is 28.3. The Kier molecular flexibility index (Phi) is 7.23. The first-order chi connectivity index (χ1) is 21.8. The molecule has 7 aromatic rings. The van der Waals surface area contributed by atoms with Gasteiger partial charge >= 0.3 is 0 Å². The molecule has 0 radical (unpaired) electrons. The first-order valence-electron chi connectivity index (χ1n) is 13.9. The highest BCUT2D eigenvalue weighted by Gasteiger charge is 2.18. The summed E-state index contributed by atoms with van der Waals surface area (Å²) in [5.41, 5.74) is 6.87. The summed E-state index contributed by atoms with van der Waals surface area (Å²) in [6.07, 6.45) is 6.03. The number of H-pyrrole nitrogens is 2. The van der Waals surface area contributed by atoms with Crippen LogP contribution < -0.4 is 9.46 Å². The number of nitrogens with zero attached hydrogens (tertiary/aromatic N) is 5. The number of halogens is 1. The lowest BCUT2D eigenvalue weighted by atomic mass is 10.0. The van der Waals surface area contributed by atoms with Crippen molar-refractivity contribution in [2.45, 2.75) is 13.2 Å². The minimum absolute atomic E-state index is 0.0471. The van der Waals surface area contributed by atoms with Gasteiger partial charge in [-0.2, -0.15) is 5.10 Å². The zero-order valence-electron chi connectivity index (χ0n) is 23.8. The molecule has 5 heterocycles. The molecule has 0 bridgehead atoms. The van der Waals surface area contributed by atoms with Gasteiger partial charge in [-0.15, -0.1) is 0 Å². The fraction of sp³-hybridized carbons (Fsp3) is 0.0938. The molecule has 0 aliphatic carbocycles. The highest BCUT2D eigenvalue weighted by atomic mass is 32.2. The van der Waals surface area contributed by atoms with Gasteiger partial charge in [0.25, 0.3) is 0 Å². The second kappa shape index (κ2) is 11.5. The summed E-state index contributed by atoms with van der Waals surface area (Å²) in [4.78, 5) is 21.7. The van der Waals surface area contributed by atoms with Crippen LogP contribution in [0.25, 0.3) is 56.1 Å². The molecule has 0 saturated carbocycles. The van der Waals surface area contributed by atoms with Gasteiger partial charge in [0.05, 0.1) is 23.7 Å². The smallest absolute Gasteiger partial charge is 0.209 e. The molecule has 224 valence electrons. The van der Waals surface area contributed by atoms with Crippen LogP contribution >= 0.6 is 0 Å². The van der Waals surface area contributed by atoms with Crippen LogP contribution in [0.3, 0.4) is 0 Å². The van der Waals surface area contributed by atoms with E-state index in [0.717, 1.165) is 17.4 Å². The minimum atomic E-state index is -3.45. The summed E-state index contributed by atoms with van der Waals surface area (Å²) in [6.45, 7) is 0.370. The van der Waals surface area contributed by atoms with E-state index in [1.807, 2.05) is 48.5 Å². The van der Waals surface area contributed by atoms with Crippen molar-refractivity contribution in [1.82, 2.24) is 39.8 Å². The molecule has 0 aliphatic heterocycles. The average molecular weight is 621 g/mol. The lowest BCUT2D eigenvalue weighted by molar-refractivity contribution is 0.305. The molecule has 0 atom stereocenters. The lowest BCUT2D eigenvalue weighted by Gasteiger charge is -2.08. The van der Waals surface area contributed by atoms with E-state index in [2.05, 4.69) is 29.9 Å². The summed E-state index contributed by atoms with van der Waals surface area (Å²) in [5, 5.41) is 7.49. The highest BCUT2D eigenvalue weighted by Crippen LogP contribution is 2.32. The van der Waals surface area contributed by atoms with Gasteiger partial charge < -0.3 is 9.72 Å². The molecule has 45 heavy (non-hydrogen) atoms. The number of hydrogen-bond donors (Lipinski definition) is 3. The van der Waals surface area contributed by atoms with Crippen LogP contribution in [0, 0.1) is 5.82 Å². The number of imidazole rings is 1. The van der Waals surface area contributed by atoms with Crippen LogP contribution in [0.1, 0.15) is 11.1 Å². The Balaban J connectivity index is 1.22. The number of sulfonamides is 1. The van der Waals surface area contributed by atoms with Crippen LogP contribution in [0.2, 0.25) is 0 Å². The van der Waals surface area contributed by atoms with Gasteiger partial charge in [-0.1, -0.05) is 30.3 Å². The van der Waals surface area contributed by atoms with Crippen LogP contribution in [0.15, 0.2) is 91.4 Å². The molecular formula is C32H25FN8O3S. The van der Waals surface area contributed by atoms with Crippen LogP contribution in [0.5, 0.6) is 5.75 Å². The Morgan fingerprint density at radius 2 is 1.78 bits per heavy atom. The third-order valence-electron chi connectivity index (χ3n) is 7.08. The number of aromatic amines is 2. The van der Waals surface area contributed by atoms with E-state index in [1.165, 1.54) is 12.1 Å². The normalized spacial score (nSPS) is 11.8. The number of ether oxygens (including phenoxy) is 1. The molecule has 0 saturated heterocycles. The maximum Gasteiger partial charge on any atom is 0.209 e. The van der Waals surface area contributed by atoms with Crippen molar-refractivity contribution in [3.63, 3.8) is 0 Å². The van der Waals surface area contributed by atoms with Crippen LogP contribution in [0.4, 0.5) is 4.39 Å². The summed E-state index contributed by atoms with van der Waals surface area (Å²) in [5.74, 6) is 0.543. The molecule has 2 aromatic carbocycles. The third kappa shape index (κ3) is 6.12. The second-order valence-corrected chi connectivity index (χ2v) is 12.3. The van der Waals surface area contributed by atoms with Crippen molar-refractivity contribution in [1.29, 1.82) is 0 Å². The van der Waals surface area contributed by atoms with E-state index in [-0.39, 0.29) is 6.54 Å². The Labute approximate surface area is 256 Å². The van der Waals surface area contributed by atoms with Crippen LogP contribution in [-0.2, 0) is 23.2 Å². The van der Waals surface area contributed by atoms with Crippen molar-refractivity contribution in [3.05, 3.63) is 108 Å². The van der Waals surface area contributed by atoms with Gasteiger partial charge in [-0.3, -0.25) is 10.1 Å². The summed E-state index contributed by atoms with van der Waals surface area (Å²) < 4.78 is 46.1. The van der Waals surface area contributed by atoms with E-state index in [1.54, 1.807) is 30.7 Å². The number of rotatable bonds is 9. The number of hydrogen-bond acceptors (Lipinski definition) is 8. The van der Waals surface area contributed by atoms with E-state index in [4.69, 9.17) is 14.7 Å². The van der Waals surface area contributed by atoms with Crippen molar-refractivity contribution in [2.75, 3.05) is 6.26 Å². The summed E-state index contributed by atoms with van der Waals surface area (Å²) >= 11 is 0. The van der Waals surface area contributed by atoms with E-state index in [0.29, 0.717) is 68.5 Å². The Morgan fingerprint density at radius 1 is 0.911 bits per heavy atom. The molecule has 3 N–H and O–H groups in total. The number of pyridine rings is 3. The number of fused-ring (bicyclic) bond motifs is 2. The van der Waals surface area contributed by atoms with Gasteiger partial charge in [0, 0.05) is 30.1 Å². The fourth-order valence-corrected chi connectivity index (χ4v) is 5.41. The van der Waals surface area contributed by atoms with Gasteiger partial charge in [0.1, 0.15) is 29.2 Å². The zero-order valence-corrected chi connectivity index (χ0v) is 24.6. The summed E-state index contributed by atoms with van der Waals surface area (Å²) in [6, 6.07) is 21.6. The predicted octanol–water partition coefficient (Wildman–Crippen LogP) is 5.39. The molecule has 0 fully saturated rings. The van der Waals surface area contributed by atoms with Crippen molar-refractivity contribution in [3.8, 4) is 39.7 Å². The summed E-state index contributed by atoms with van der Waals surface area (Å²) in [7, 11) is -3.45. The Bertz CT molecular complexity index is 2290. The van der Waals surface area contributed by atoms with Crippen molar-refractivity contribution in [2.24, 2.45) is 0 Å². The number of nitrogens with one attached hydrogen (secondary N) is 3. The van der Waals surface area contributed by atoms with E-state index < -0.39 is 15.8 Å². The Morgan fingerprint density at radius 3 is 2.62 bits per heavy atom. The van der Waals surface area contributed by atoms with Crippen molar-refractivity contribution < 1.29 is 17.5 Å². The third-order valence-corrected chi connectivity index (χ3v) is 7.75. The topological polar surface area (TPSA) is 151 Å². The molecular weight excluding hydrogens is 595 g/mol. The van der Waals surface area contributed by atoms with E-state index >= 15 is 0 Å². The van der Waals surface area contributed by atoms with E-state index in [9.17, 15) is 12.8 Å². The van der Waals surface area contributed by atoms with Gasteiger partial charge in [-0.05, 0) is 59.2 Å². The Hall–Kier alpha value is -5.53. The van der Waals surface area contributed by atoms with Gasteiger partial charge in [0.2, 0.25) is 10.0 Å². The quantitative estimate of drug-likeness (QED) is 0.194. The monoisotopic (exact) mass is 620 g/mol. The molecule has 7 rings (SSSR count). The SMILES string of the molecule is CS(=O)(=O)NCc1cc(F)cc(-c2ccnc3[nH]c(-c4n[nH]c5ccc(-c6cncc(OCc7ccccc7)c6)nc45)nc23)c1. The predicted molar refractivity (Wildman–Crippen MR) is 168 cm³/mol. The number of benzene rings is 2. The fourth-order valence-electron chi connectivity index (χ4n) is 4.98. The molecule has 13 heteroatoms. The molecule has 0 spiro atoms. The highest BCUT2D eigenvalue weighted by molar-refractivity contribution is 7.88. The van der Waals surface area contributed by atoms with Gasteiger partial charge in [-0.25, -0.2) is 32.5 Å². The minimum Gasteiger partial charge on any atom is -0.487 e. The standard InChI is InChI=1S/C32H25FN8O3S/c1-45(42,43)36-15-20-11-21(13-23(33)12-20)25-9-10-35-31-28(25)38-32(39-31)30-29-27(40-41-30)8-7-26(37-29)22-14-24(17-34-16-22)44-18-19-5-3-2-4-6-19/h2-14,16-17,36H,15,18H2,1H3,(H,40,41)(H,35,38,39). The zero-order chi connectivity index (χ0) is 31.0. The van der Waals surface area contributed by atoms with Gasteiger partial charge in [0.15, 0.2) is 17.2 Å². The molecule has 5 aromatic heterocycles. The lowest BCUT2D eigenvalue weighted by Crippen LogP contribution is -2.21. The molecule has 11 nitrogen and oxygen atoms in total. The van der Waals surface area contributed by atoms with Crippen LogP contribution in [-0.4, -0.2) is 49.8 Å². The number of aromatic nitrogens is 7. The average Bonchev–Trinajstić information content (AvgIpc) is 3.67. The molecule has 0 aliphatic rings. The molecule has 0 amide bonds. The van der Waals surface area contributed by atoms with Crippen molar-refractivity contribution >= 4 is 32.2 Å². The maximum absolute atomic E-state index is 14.6. The first-order valence-corrected chi connectivity index (χ1v) is 15.7. The maximum atomic E-state index is 14.6. The molecule has 0 unspecified atom stereocenters.